The molecule has 148 valence electrons. The first-order valence-electron chi connectivity index (χ1n) is 9.99. The Hall–Kier alpha value is -3.21. The Morgan fingerprint density at radius 2 is 1.48 bits per heavy atom. The first kappa shape index (κ1) is 19.1. The Balaban J connectivity index is 1.37. The molecule has 2 aliphatic rings. The van der Waals surface area contributed by atoms with Crippen LogP contribution in [0.15, 0.2) is 66.7 Å². The van der Waals surface area contributed by atoms with Crippen molar-refractivity contribution < 1.29 is 14.4 Å². The first-order chi connectivity index (χ1) is 14.0. The summed E-state index contributed by atoms with van der Waals surface area (Å²) in [4.78, 5) is 38.6. The van der Waals surface area contributed by atoms with Crippen LogP contribution in [0.2, 0.25) is 0 Å². The fourth-order valence-corrected chi connectivity index (χ4v) is 4.13. The van der Waals surface area contributed by atoms with Gasteiger partial charge < -0.3 is 5.32 Å². The molecule has 1 N–H and O–H groups in total. The van der Waals surface area contributed by atoms with Gasteiger partial charge in [-0.25, -0.2) is 0 Å². The fraction of sp³-hybridized carbons (Fsp3) is 0.292. The zero-order valence-corrected chi connectivity index (χ0v) is 16.4. The minimum Gasteiger partial charge on any atom is -0.348 e. The minimum absolute atomic E-state index is 0.211. The molecule has 29 heavy (non-hydrogen) atoms. The molecule has 1 fully saturated rings. The Bertz CT molecular complexity index is 924. The van der Waals surface area contributed by atoms with E-state index in [9.17, 15) is 14.4 Å². The van der Waals surface area contributed by atoms with Crippen molar-refractivity contribution >= 4 is 17.7 Å². The van der Waals surface area contributed by atoms with Gasteiger partial charge in [-0.2, -0.15) is 0 Å². The summed E-state index contributed by atoms with van der Waals surface area (Å²) in [5, 5.41) is 2.90. The van der Waals surface area contributed by atoms with Gasteiger partial charge in [0.1, 0.15) is 6.54 Å². The van der Waals surface area contributed by atoms with Crippen molar-refractivity contribution in [1.29, 1.82) is 0 Å². The van der Waals surface area contributed by atoms with E-state index >= 15 is 0 Å². The Morgan fingerprint density at radius 3 is 2.07 bits per heavy atom. The topological polar surface area (TPSA) is 66.5 Å². The molecule has 0 unspecified atom stereocenters. The quantitative estimate of drug-likeness (QED) is 0.630. The first-order valence-corrected chi connectivity index (χ1v) is 9.99. The van der Waals surface area contributed by atoms with E-state index in [0.29, 0.717) is 12.8 Å². The zero-order chi connectivity index (χ0) is 20.4. The lowest BCUT2D eigenvalue weighted by Gasteiger charge is -2.18. The maximum atomic E-state index is 12.5. The molecule has 0 spiro atoms. The van der Waals surface area contributed by atoms with Gasteiger partial charge in [-0.3, -0.25) is 19.3 Å². The lowest BCUT2D eigenvalue weighted by Crippen LogP contribution is -2.41. The van der Waals surface area contributed by atoms with Gasteiger partial charge >= 0.3 is 0 Å². The summed E-state index contributed by atoms with van der Waals surface area (Å²) in [6, 6.07) is 17.9. The average Bonchev–Trinajstić information content (AvgIpc) is 2.99. The van der Waals surface area contributed by atoms with Crippen LogP contribution in [0.3, 0.4) is 0 Å². The van der Waals surface area contributed by atoms with Crippen molar-refractivity contribution in [3.05, 3.63) is 72.3 Å². The maximum absolute atomic E-state index is 12.5. The van der Waals surface area contributed by atoms with E-state index in [2.05, 4.69) is 17.4 Å². The van der Waals surface area contributed by atoms with Gasteiger partial charge in [0, 0.05) is 0 Å². The molecule has 1 aliphatic carbocycles. The van der Waals surface area contributed by atoms with Crippen molar-refractivity contribution in [1.82, 2.24) is 10.2 Å². The summed E-state index contributed by atoms with van der Waals surface area (Å²) in [6.45, 7) is 1.68. The van der Waals surface area contributed by atoms with Crippen LogP contribution < -0.4 is 5.32 Å². The Kier molecular flexibility index (Phi) is 5.30. The molecule has 0 bridgehead atoms. The van der Waals surface area contributed by atoms with Crippen LogP contribution in [0.4, 0.5) is 0 Å². The third kappa shape index (κ3) is 3.86. The van der Waals surface area contributed by atoms with Crippen molar-refractivity contribution in [2.75, 3.05) is 6.54 Å². The summed E-state index contributed by atoms with van der Waals surface area (Å²) in [6.07, 6.45) is 5.04. The molecular formula is C24H24N2O3. The molecule has 4 rings (SSSR count). The molecule has 5 heteroatoms. The number of fused-ring (bicyclic) bond motifs is 1. The molecule has 3 amide bonds. The zero-order valence-electron chi connectivity index (χ0n) is 16.4. The van der Waals surface area contributed by atoms with E-state index in [4.69, 9.17) is 0 Å². The number of nitrogens with zero attached hydrogens (tertiary/aromatic N) is 1. The van der Waals surface area contributed by atoms with Crippen LogP contribution in [-0.4, -0.2) is 29.2 Å². The molecule has 5 nitrogen and oxygen atoms in total. The number of amides is 3. The normalized spacial score (nSPS) is 21.8. The highest BCUT2D eigenvalue weighted by atomic mass is 16.2. The van der Waals surface area contributed by atoms with E-state index < -0.39 is 0 Å². The summed E-state index contributed by atoms with van der Waals surface area (Å²) in [7, 11) is 0. The maximum Gasteiger partial charge on any atom is 0.240 e. The SMILES string of the molecule is C[C@H](NC(=O)CN1C(=O)[C@@H]2CC=CC[C@H]2C1=O)c1ccc(-c2ccccc2)cc1. The standard InChI is InChI=1S/C24H24N2O3/c1-16(17-11-13-19(14-12-17)18-7-3-2-4-8-18)25-22(27)15-26-23(28)20-9-5-6-10-21(20)24(26)29/h2-8,11-14,16,20-21H,9-10,15H2,1H3,(H,25,27)/t16-,20+,21+/m0/s1. The average molecular weight is 388 g/mol. The predicted molar refractivity (Wildman–Crippen MR) is 111 cm³/mol. The highest BCUT2D eigenvalue weighted by molar-refractivity contribution is 6.07. The highest BCUT2D eigenvalue weighted by Gasteiger charge is 2.47. The number of imide groups is 1. The number of hydrogen-bond acceptors (Lipinski definition) is 3. The summed E-state index contributed by atoms with van der Waals surface area (Å²) in [5.41, 5.74) is 3.21. The Morgan fingerprint density at radius 1 is 0.931 bits per heavy atom. The van der Waals surface area contributed by atoms with Crippen LogP contribution in [0, 0.1) is 11.8 Å². The Labute approximate surface area is 170 Å². The van der Waals surface area contributed by atoms with Gasteiger partial charge in [0.25, 0.3) is 0 Å². The number of allylic oxidation sites excluding steroid dienone is 2. The number of rotatable bonds is 5. The van der Waals surface area contributed by atoms with Gasteiger partial charge in [0.2, 0.25) is 17.7 Å². The van der Waals surface area contributed by atoms with Crippen LogP contribution in [0.1, 0.15) is 31.4 Å². The van der Waals surface area contributed by atoms with E-state index in [-0.39, 0.29) is 42.1 Å². The second-order valence-electron chi connectivity index (χ2n) is 7.70. The number of benzene rings is 2. The second kappa shape index (κ2) is 8.03. The molecule has 1 saturated heterocycles. The van der Waals surface area contributed by atoms with Crippen molar-refractivity contribution in [2.45, 2.75) is 25.8 Å². The minimum atomic E-state index is -0.321. The third-order valence-corrected chi connectivity index (χ3v) is 5.80. The van der Waals surface area contributed by atoms with Crippen LogP contribution in [0.25, 0.3) is 11.1 Å². The number of nitrogens with one attached hydrogen (secondary N) is 1. The summed E-state index contributed by atoms with van der Waals surface area (Å²) >= 11 is 0. The number of carbonyl (C=O) groups excluding carboxylic acids is 3. The fourth-order valence-electron chi connectivity index (χ4n) is 4.13. The molecule has 0 radical (unpaired) electrons. The van der Waals surface area contributed by atoms with Gasteiger partial charge in [-0.05, 0) is 36.5 Å². The lowest BCUT2D eigenvalue weighted by atomic mass is 9.85. The van der Waals surface area contributed by atoms with E-state index in [1.165, 1.54) is 0 Å². The molecule has 1 heterocycles. The third-order valence-electron chi connectivity index (χ3n) is 5.80. The molecule has 0 saturated carbocycles. The molecule has 2 aromatic rings. The molecule has 3 atom stereocenters. The van der Waals surface area contributed by atoms with Crippen molar-refractivity contribution in [3.63, 3.8) is 0 Å². The van der Waals surface area contributed by atoms with Crippen LogP contribution in [0.5, 0.6) is 0 Å². The summed E-state index contributed by atoms with van der Waals surface area (Å²) in [5.74, 6) is -1.37. The number of hydrogen-bond donors (Lipinski definition) is 1. The van der Waals surface area contributed by atoms with Crippen molar-refractivity contribution in [3.8, 4) is 11.1 Å². The van der Waals surface area contributed by atoms with Crippen LogP contribution >= 0.6 is 0 Å². The summed E-state index contributed by atoms with van der Waals surface area (Å²) < 4.78 is 0. The van der Waals surface area contributed by atoms with E-state index in [1.54, 1.807) is 0 Å². The molecule has 2 aromatic carbocycles. The number of carbonyl (C=O) groups is 3. The molecule has 0 aromatic heterocycles. The van der Waals surface area contributed by atoms with E-state index in [0.717, 1.165) is 21.6 Å². The molecule has 1 aliphatic heterocycles. The van der Waals surface area contributed by atoms with Crippen molar-refractivity contribution in [2.24, 2.45) is 11.8 Å². The lowest BCUT2D eigenvalue weighted by molar-refractivity contribution is -0.143. The number of likely N-dealkylation sites (tertiary alicyclic amines) is 1. The monoisotopic (exact) mass is 388 g/mol. The predicted octanol–water partition coefficient (Wildman–Crippen LogP) is 3.48. The highest BCUT2D eigenvalue weighted by Crippen LogP contribution is 2.34. The van der Waals surface area contributed by atoms with Gasteiger partial charge in [0.05, 0.1) is 17.9 Å². The van der Waals surface area contributed by atoms with Crippen LogP contribution in [-0.2, 0) is 14.4 Å². The van der Waals surface area contributed by atoms with Gasteiger partial charge in [-0.15, -0.1) is 0 Å². The molecular weight excluding hydrogens is 364 g/mol. The van der Waals surface area contributed by atoms with Gasteiger partial charge in [-0.1, -0.05) is 66.7 Å². The van der Waals surface area contributed by atoms with Gasteiger partial charge in [0.15, 0.2) is 0 Å². The largest absolute Gasteiger partial charge is 0.348 e. The second-order valence-corrected chi connectivity index (χ2v) is 7.70. The van der Waals surface area contributed by atoms with E-state index in [1.807, 2.05) is 61.5 Å². The smallest absolute Gasteiger partial charge is 0.240 e.